The van der Waals surface area contributed by atoms with E-state index in [1.165, 1.54) is 5.56 Å². The fourth-order valence-electron chi connectivity index (χ4n) is 2.08. The van der Waals surface area contributed by atoms with Gasteiger partial charge in [0.05, 0.1) is 7.11 Å². The molecule has 7 heteroatoms. The van der Waals surface area contributed by atoms with Crippen LogP contribution in [0.15, 0.2) is 48.5 Å². The van der Waals surface area contributed by atoms with Crippen LogP contribution in [0.2, 0.25) is 0 Å². The Hall–Kier alpha value is -2.80. The number of benzene rings is 2. The number of anilines is 1. The Morgan fingerprint density at radius 2 is 1.84 bits per heavy atom. The first-order valence-corrected chi connectivity index (χ1v) is 8.23. The quantitative estimate of drug-likeness (QED) is 0.544. The lowest BCUT2D eigenvalue weighted by Crippen LogP contribution is -2.45. The topological polar surface area (TPSA) is 71.6 Å². The van der Waals surface area contributed by atoms with E-state index in [9.17, 15) is 4.79 Å². The van der Waals surface area contributed by atoms with Gasteiger partial charge < -0.3 is 14.8 Å². The smallest absolute Gasteiger partial charge is 0.276 e. The number of carbonyl (C=O) groups is 1. The molecule has 0 atom stereocenters. The number of thiocarbonyl (C=S) groups is 1. The van der Waals surface area contributed by atoms with Crippen molar-refractivity contribution >= 4 is 28.9 Å². The molecule has 1 amide bonds. The summed E-state index contributed by atoms with van der Waals surface area (Å²) >= 11 is 5.15. The van der Waals surface area contributed by atoms with Crippen LogP contribution in [0.4, 0.5) is 5.69 Å². The molecule has 3 N–H and O–H groups in total. The molecule has 2 aromatic carbocycles. The molecule has 25 heavy (non-hydrogen) atoms. The van der Waals surface area contributed by atoms with Crippen LogP contribution in [0.1, 0.15) is 12.5 Å². The van der Waals surface area contributed by atoms with Crippen LogP contribution in [-0.2, 0) is 11.2 Å². The van der Waals surface area contributed by atoms with Gasteiger partial charge in [-0.05, 0) is 48.5 Å². The van der Waals surface area contributed by atoms with E-state index in [1.807, 2.05) is 30.3 Å². The number of hydrogen-bond acceptors (Lipinski definition) is 4. The van der Waals surface area contributed by atoms with Crippen molar-refractivity contribution in [2.75, 3.05) is 19.0 Å². The first kappa shape index (κ1) is 18.5. The van der Waals surface area contributed by atoms with Gasteiger partial charge >= 0.3 is 0 Å². The van der Waals surface area contributed by atoms with Crippen LogP contribution in [0.3, 0.4) is 0 Å². The van der Waals surface area contributed by atoms with Crippen molar-refractivity contribution < 1.29 is 14.3 Å². The van der Waals surface area contributed by atoms with E-state index in [2.05, 4.69) is 23.1 Å². The third-order valence-electron chi connectivity index (χ3n) is 3.34. The van der Waals surface area contributed by atoms with E-state index >= 15 is 0 Å². The van der Waals surface area contributed by atoms with E-state index in [0.29, 0.717) is 16.6 Å². The van der Waals surface area contributed by atoms with E-state index in [4.69, 9.17) is 21.7 Å². The van der Waals surface area contributed by atoms with Gasteiger partial charge in [-0.25, -0.2) is 0 Å². The highest BCUT2D eigenvalue weighted by Gasteiger charge is 2.07. The van der Waals surface area contributed by atoms with Crippen LogP contribution in [0.5, 0.6) is 11.5 Å². The maximum absolute atomic E-state index is 11.8. The highest BCUT2D eigenvalue weighted by Crippen LogP contribution is 2.25. The monoisotopic (exact) mass is 359 g/mol. The molecule has 0 bridgehead atoms. The summed E-state index contributed by atoms with van der Waals surface area (Å²) in [6.07, 6.45) is 0.937. The summed E-state index contributed by atoms with van der Waals surface area (Å²) in [4.78, 5) is 11.8. The highest BCUT2D eigenvalue weighted by atomic mass is 32.1. The molecule has 0 aliphatic heterocycles. The molecule has 6 nitrogen and oxygen atoms in total. The predicted octanol–water partition coefficient (Wildman–Crippen LogP) is 2.65. The van der Waals surface area contributed by atoms with Gasteiger partial charge in [0.1, 0.15) is 0 Å². The number of ether oxygens (including phenoxy) is 2. The average molecular weight is 359 g/mol. The third-order valence-corrected chi connectivity index (χ3v) is 3.54. The van der Waals surface area contributed by atoms with E-state index in [-0.39, 0.29) is 12.5 Å². The Morgan fingerprint density at radius 3 is 2.56 bits per heavy atom. The van der Waals surface area contributed by atoms with Crippen LogP contribution >= 0.6 is 12.2 Å². The van der Waals surface area contributed by atoms with Gasteiger partial charge in [-0.3, -0.25) is 15.6 Å². The molecule has 2 aromatic rings. The lowest BCUT2D eigenvalue weighted by atomic mass is 10.1. The standard InChI is InChI=1S/C18H21N3O3S/c1-3-13-7-6-8-14(11-13)19-18(25)21-20-17(22)12-24-16-10-5-4-9-15(16)23-2/h4-11H,3,12H2,1-2H3,(H,20,22)(H2,19,21,25). The molecule has 0 spiro atoms. The number of carbonyl (C=O) groups excluding carboxylic acids is 1. The van der Waals surface area contributed by atoms with E-state index < -0.39 is 0 Å². The molecule has 0 heterocycles. The number of rotatable bonds is 6. The average Bonchev–Trinajstić information content (AvgIpc) is 2.65. The van der Waals surface area contributed by atoms with Crippen molar-refractivity contribution in [1.82, 2.24) is 10.9 Å². The molecule has 0 saturated heterocycles. The Kier molecular flexibility index (Phi) is 7.03. The molecular formula is C18H21N3O3S. The van der Waals surface area contributed by atoms with E-state index in [0.717, 1.165) is 12.1 Å². The number of methoxy groups -OCH3 is 1. The molecule has 132 valence electrons. The van der Waals surface area contributed by atoms with Crippen molar-refractivity contribution in [2.45, 2.75) is 13.3 Å². The fraction of sp³-hybridized carbons (Fsp3) is 0.222. The number of hydrogen-bond donors (Lipinski definition) is 3. The number of aryl methyl sites for hydroxylation is 1. The first-order valence-electron chi connectivity index (χ1n) is 7.83. The van der Waals surface area contributed by atoms with Crippen molar-refractivity contribution in [1.29, 1.82) is 0 Å². The second-order valence-electron chi connectivity index (χ2n) is 5.12. The van der Waals surface area contributed by atoms with Crippen molar-refractivity contribution in [3.63, 3.8) is 0 Å². The highest BCUT2D eigenvalue weighted by molar-refractivity contribution is 7.80. The predicted molar refractivity (Wildman–Crippen MR) is 102 cm³/mol. The number of nitrogens with one attached hydrogen (secondary N) is 3. The molecule has 2 rings (SSSR count). The normalized spacial score (nSPS) is 9.84. The summed E-state index contributed by atoms with van der Waals surface area (Å²) in [5, 5.41) is 3.30. The van der Waals surface area contributed by atoms with Crippen molar-refractivity contribution in [3.05, 3.63) is 54.1 Å². The molecule has 0 aromatic heterocycles. The molecule has 0 saturated carbocycles. The summed E-state index contributed by atoms with van der Waals surface area (Å²) in [7, 11) is 1.54. The van der Waals surface area contributed by atoms with Gasteiger partial charge in [-0.1, -0.05) is 31.2 Å². The Morgan fingerprint density at radius 1 is 1.08 bits per heavy atom. The van der Waals surface area contributed by atoms with Gasteiger partial charge in [-0.15, -0.1) is 0 Å². The molecule has 0 unspecified atom stereocenters. The molecule has 0 aliphatic rings. The summed E-state index contributed by atoms with van der Waals surface area (Å²) in [5.74, 6) is 0.700. The summed E-state index contributed by atoms with van der Waals surface area (Å²) in [6.45, 7) is 1.92. The maximum atomic E-state index is 11.8. The SMILES string of the molecule is CCc1cccc(NC(=S)NNC(=O)COc2ccccc2OC)c1. The Balaban J connectivity index is 1.76. The van der Waals surface area contributed by atoms with Gasteiger partial charge in [0.2, 0.25) is 0 Å². The summed E-state index contributed by atoms with van der Waals surface area (Å²) in [5.41, 5.74) is 7.18. The minimum atomic E-state index is -0.364. The van der Waals surface area contributed by atoms with Crippen LogP contribution in [0.25, 0.3) is 0 Å². The van der Waals surface area contributed by atoms with Gasteiger partial charge in [0.15, 0.2) is 23.2 Å². The van der Waals surface area contributed by atoms with E-state index in [1.54, 1.807) is 25.3 Å². The van der Waals surface area contributed by atoms with Crippen LogP contribution < -0.4 is 25.6 Å². The minimum Gasteiger partial charge on any atom is -0.493 e. The first-order chi connectivity index (χ1) is 12.1. The molecule has 0 aliphatic carbocycles. The lowest BCUT2D eigenvalue weighted by molar-refractivity contribution is -0.123. The Labute approximate surface area is 152 Å². The summed E-state index contributed by atoms with van der Waals surface area (Å²) in [6, 6.07) is 15.0. The summed E-state index contributed by atoms with van der Waals surface area (Å²) < 4.78 is 10.6. The zero-order valence-electron chi connectivity index (χ0n) is 14.2. The minimum absolute atomic E-state index is 0.165. The number of para-hydroxylation sites is 2. The molecule has 0 radical (unpaired) electrons. The zero-order valence-corrected chi connectivity index (χ0v) is 15.0. The largest absolute Gasteiger partial charge is 0.493 e. The van der Waals surface area contributed by atoms with Crippen LogP contribution in [0, 0.1) is 0 Å². The number of amides is 1. The van der Waals surface area contributed by atoms with Gasteiger partial charge in [-0.2, -0.15) is 0 Å². The fourth-order valence-corrected chi connectivity index (χ4v) is 2.24. The maximum Gasteiger partial charge on any atom is 0.276 e. The zero-order chi connectivity index (χ0) is 18.1. The molecular weight excluding hydrogens is 338 g/mol. The number of hydrazine groups is 1. The van der Waals surface area contributed by atoms with Crippen molar-refractivity contribution in [2.24, 2.45) is 0 Å². The van der Waals surface area contributed by atoms with Gasteiger partial charge in [0, 0.05) is 5.69 Å². The second kappa shape index (κ2) is 9.48. The van der Waals surface area contributed by atoms with Gasteiger partial charge in [0.25, 0.3) is 5.91 Å². The lowest BCUT2D eigenvalue weighted by Gasteiger charge is -2.13. The second-order valence-corrected chi connectivity index (χ2v) is 5.53. The third kappa shape index (κ3) is 5.96. The van der Waals surface area contributed by atoms with Crippen LogP contribution in [-0.4, -0.2) is 24.7 Å². The van der Waals surface area contributed by atoms with Crippen molar-refractivity contribution in [3.8, 4) is 11.5 Å². The molecule has 0 fully saturated rings. The Bertz CT molecular complexity index is 737.